The average molecular weight is 349 g/mol. The fraction of sp³-hybridized carbons (Fsp3) is 0.211. The molecule has 0 bridgehead atoms. The first kappa shape index (κ1) is 16.1. The van der Waals surface area contributed by atoms with Crippen molar-refractivity contribution in [1.29, 1.82) is 0 Å². The number of rotatable bonds is 2. The molecule has 0 radical (unpaired) electrons. The van der Waals surface area contributed by atoms with E-state index in [0.29, 0.717) is 37.6 Å². The number of pyridine rings is 1. The van der Waals surface area contributed by atoms with E-state index in [2.05, 4.69) is 15.3 Å². The van der Waals surface area contributed by atoms with Crippen LogP contribution in [0.25, 0.3) is 10.9 Å². The molecule has 1 aliphatic rings. The molecule has 1 fully saturated rings. The van der Waals surface area contributed by atoms with Crippen LogP contribution in [-0.2, 0) is 0 Å². The Morgan fingerprint density at radius 2 is 1.65 bits per heavy atom. The molecule has 3 aromatic rings. The number of hydrogen-bond acceptors (Lipinski definition) is 3. The molecule has 2 aromatic heterocycles. The lowest BCUT2D eigenvalue weighted by molar-refractivity contribution is 0.0667. The molecule has 132 valence electrons. The first-order valence-electron chi connectivity index (χ1n) is 8.54. The van der Waals surface area contributed by atoms with E-state index in [9.17, 15) is 9.59 Å². The van der Waals surface area contributed by atoms with Crippen LogP contribution in [0.4, 0.5) is 10.5 Å². The number of hydrogen-bond donors (Lipinski definition) is 2. The van der Waals surface area contributed by atoms with Gasteiger partial charge in [0.25, 0.3) is 5.91 Å². The number of carbonyl (C=O) groups excluding carboxylic acids is 2. The minimum atomic E-state index is -0.158. The molecular weight excluding hydrogens is 330 g/mol. The lowest BCUT2D eigenvalue weighted by Gasteiger charge is -2.34. The second kappa shape index (κ2) is 6.87. The van der Waals surface area contributed by atoms with Gasteiger partial charge in [-0.25, -0.2) is 4.79 Å². The second-order valence-electron chi connectivity index (χ2n) is 6.22. The molecule has 1 aromatic carbocycles. The maximum Gasteiger partial charge on any atom is 0.321 e. The maximum atomic E-state index is 12.7. The molecule has 0 unspecified atom stereocenters. The number of piperazine rings is 1. The van der Waals surface area contributed by atoms with Crippen molar-refractivity contribution in [2.24, 2.45) is 0 Å². The summed E-state index contributed by atoms with van der Waals surface area (Å²) in [5.41, 5.74) is 2.24. The molecule has 0 aliphatic carbocycles. The van der Waals surface area contributed by atoms with E-state index in [-0.39, 0.29) is 11.9 Å². The summed E-state index contributed by atoms with van der Waals surface area (Å²) in [4.78, 5) is 35.6. The molecular formula is C19H19N5O2. The van der Waals surface area contributed by atoms with Crippen molar-refractivity contribution >= 4 is 28.5 Å². The van der Waals surface area contributed by atoms with Crippen molar-refractivity contribution in [3.8, 4) is 0 Å². The fourth-order valence-corrected chi connectivity index (χ4v) is 3.11. The highest BCUT2D eigenvalue weighted by Crippen LogP contribution is 2.17. The van der Waals surface area contributed by atoms with Gasteiger partial charge in [0.2, 0.25) is 0 Å². The van der Waals surface area contributed by atoms with Crippen molar-refractivity contribution in [1.82, 2.24) is 19.8 Å². The number of aromatic nitrogens is 2. The molecule has 3 amide bonds. The number of carbonyl (C=O) groups is 2. The standard InChI is InChI=1S/C19H19N5O2/c25-18(17-13-14-3-1-2-4-16(14)22-17)23-9-11-24(12-10-23)19(26)21-15-5-7-20-8-6-15/h1-8,13,22H,9-12H2,(H,20,21,26). The summed E-state index contributed by atoms with van der Waals surface area (Å²) in [6.45, 7) is 2.03. The first-order valence-corrected chi connectivity index (χ1v) is 8.54. The van der Waals surface area contributed by atoms with Crippen LogP contribution in [0.3, 0.4) is 0 Å². The summed E-state index contributed by atoms with van der Waals surface area (Å²) in [5, 5.41) is 3.86. The number of nitrogens with zero attached hydrogens (tertiary/aromatic N) is 3. The zero-order valence-electron chi connectivity index (χ0n) is 14.2. The SMILES string of the molecule is O=C(Nc1ccncc1)N1CCN(C(=O)c2cc3ccccc3[nH]2)CC1. The molecule has 0 atom stereocenters. The Kier molecular flexibility index (Phi) is 4.27. The summed E-state index contributed by atoms with van der Waals surface area (Å²) < 4.78 is 0. The molecule has 0 saturated carbocycles. The van der Waals surface area contributed by atoms with Gasteiger partial charge in [0.05, 0.1) is 0 Å². The van der Waals surface area contributed by atoms with Gasteiger partial charge in [-0.05, 0) is 24.3 Å². The zero-order chi connectivity index (χ0) is 17.9. The monoisotopic (exact) mass is 349 g/mol. The van der Waals surface area contributed by atoms with Crippen molar-refractivity contribution < 1.29 is 9.59 Å². The molecule has 0 spiro atoms. The average Bonchev–Trinajstić information content (AvgIpc) is 3.12. The topological polar surface area (TPSA) is 81.3 Å². The molecule has 2 N–H and O–H groups in total. The Labute approximate surface area is 150 Å². The number of nitrogens with one attached hydrogen (secondary N) is 2. The van der Waals surface area contributed by atoms with Gasteiger partial charge in [-0.1, -0.05) is 18.2 Å². The van der Waals surface area contributed by atoms with E-state index in [1.54, 1.807) is 34.3 Å². The number of benzene rings is 1. The molecule has 26 heavy (non-hydrogen) atoms. The van der Waals surface area contributed by atoms with Gasteiger partial charge < -0.3 is 20.1 Å². The summed E-state index contributed by atoms with van der Waals surface area (Å²) in [6, 6.07) is 13.0. The number of anilines is 1. The van der Waals surface area contributed by atoms with E-state index in [4.69, 9.17) is 0 Å². The van der Waals surface area contributed by atoms with Crippen LogP contribution in [0.5, 0.6) is 0 Å². The smallest absolute Gasteiger partial charge is 0.321 e. The molecule has 4 rings (SSSR count). The normalized spacial score (nSPS) is 14.5. The number of urea groups is 1. The molecule has 1 aliphatic heterocycles. The third-order valence-electron chi connectivity index (χ3n) is 4.55. The van der Waals surface area contributed by atoms with Crippen molar-refractivity contribution in [3.05, 3.63) is 60.6 Å². The van der Waals surface area contributed by atoms with Gasteiger partial charge >= 0.3 is 6.03 Å². The third kappa shape index (κ3) is 3.23. The Bertz CT molecular complexity index is 896. The van der Waals surface area contributed by atoms with E-state index in [0.717, 1.165) is 10.9 Å². The van der Waals surface area contributed by atoms with Gasteiger partial charge in [-0.2, -0.15) is 0 Å². The van der Waals surface area contributed by atoms with Crippen LogP contribution in [-0.4, -0.2) is 57.9 Å². The van der Waals surface area contributed by atoms with Crippen LogP contribution in [0.15, 0.2) is 54.9 Å². The summed E-state index contributed by atoms with van der Waals surface area (Å²) in [6.07, 6.45) is 3.26. The number of H-pyrrole nitrogens is 1. The number of para-hydroxylation sites is 1. The largest absolute Gasteiger partial charge is 0.351 e. The van der Waals surface area contributed by atoms with E-state index >= 15 is 0 Å². The summed E-state index contributed by atoms with van der Waals surface area (Å²) in [5.74, 6) is -0.0320. The van der Waals surface area contributed by atoms with E-state index in [1.165, 1.54) is 0 Å². The third-order valence-corrected chi connectivity index (χ3v) is 4.55. The van der Waals surface area contributed by atoms with Gasteiger partial charge in [0.1, 0.15) is 5.69 Å². The highest BCUT2D eigenvalue weighted by Gasteiger charge is 2.25. The molecule has 1 saturated heterocycles. The molecule has 3 heterocycles. The number of fused-ring (bicyclic) bond motifs is 1. The predicted molar refractivity (Wildman–Crippen MR) is 99.0 cm³/mol. The summed E-state index contributed by atoms with van der Waals surface area (Å²) in [7, 11) is 0. The molecule has 7 heteroatoms. The lowest BCUT2D eigenvalue weighted by atomic mass is 10.2. The van der Waals surface area contributed by atoms with Crippen LogP contribution in [0.1, 0.15) is 10.5 Å². The minimum Gasteiger partial charge on any atom is -0.351 e. The maximum absolute atomic E-state index is 12.7. The van der Waals surface area contributed by atoms with E-state index < -0.39 is 0 Å². The van der Waals surface area contributed by atoms with Crippen LogP contribution < -0.4 is 5.32 Å². The van der Waals surface area contributed by atoms with Gasteiger partial charge in [0, 0.05) is 55.2 Å². The van der Waals surface area contributed by atoms with Gasteiger partial charge in [-0.15, -0.1) is 0 Å². The highest BCUT2D eigenvalue weighted by molar-refractivity contribution is 5.98. The predicted octanol–water partition coefficient (Wildman–Crippen LogP) is 2.55. The number of aromatic amines is 1. The Hall–Kier alpha value is -3.35. The van der Waals surface area contributed by atoms with Gasteiger partial charge in [-0.3, -0.25) is 9.78 Å². The second-order valence-corrected chi connectivity index (χ2v) is 6.22. The van der Waals surface area contributed by atoms with Gasteiger partial charge in [0.15, 0.2) is 0 Å². The van der Waals surface area contributed by atoms with Crippen molar-refractivity contribution in [2.45, 2.75) is 0 Å². The Balaban J connectivity index is 1.37. The highest BCUT2D eigenvalue weighted by atomic mass is 16.2. The quantitative estimate of drug-likeness (QED) is 0.746. The van der Waals surface area contributed by atoms with E-state index in [1.807, 2.05) is 30.3 Å². The molecule has 7 nitrogen and oxygen atoms in total. The summed E-state index contributed by atoms with van der Waals surface area (Å²) >= 11 is 0. The fourth-order valence-electron chi connectivity index (χ4n) is 3.11. The van der Waals surface area contributed by atoms with Crippen molar-refractivity contribution in [3.63, 3.8) is 0 Å². The Morgan fingerprint density at radius 1 is 0.962 bits per heavy atom. The number of amides is 3. The van der Waals surface area contributed by atoms with Crippen molar-refractivity contribution in [2.75, 3.05) is 31.5 Å². The minimum absolute atomic E-state index is 0.0320. The zero-order valence-corrected chi connectivity index (χ0v) is 14.2. The lowest BCUT2D eigenvalue weighted by Crippen LogP contribution is -2.51. The first-order chi connectivity index (χ1) is 12.7. The van der Waals surface area contributed by atoms with Crippen LogP contribution in [0, 0.1) is 0 Å². The van der Waals surface area contributed by atoms with Crippen LogP contribution in [0.2, 0.25) is 0 Å². The Morgan fingerprint density at radius 3 is 2.38 bits per heavy atom. The van der Waals surface area contributed by atoms with Crippen LogP contribution >= 0.6 is 0 Å².